The molecule has 2 fully saturated rings. The van der Waals surface area contributed by atoms with Gasteiger partial charge in [-0.05, 0) is 91.9 Å². The van der Waals surface area contributed by atoms with E-state index in [1.807, 2.05) is 20.8 Å². The van der Waals surface area contributed by atoms with E-state index in [-0.39, 0.29) is 88.8 Å². The first-order chi connectivity index (χ1) is 49.4. The number of rotatable bonds is 53. The maximum absolute atomic E-state index is 11.3. The Balaban J connectivity index is -0.000000140. The van der Waals surface area contributed by atoms with Crippen LogP contribution in [0.5, 0.6) is 0 Å². The fourth-order valence-corrected chi connectivity index (χ4v) is 6.45. The average Bonchev–Trinajstić information content (AvgIpc) is 1.49. The molecule has 0 aliphatic carbocycles. The molecule has 0 radical (unpaired) electrons. The molecule has 0 aromatic carbocycles. The van der Waals surface area contributed by atoms with Crippen LogP contribution >= 0.6 is 15.9 Å². The minimum absolute atomic E-state index is 0.00634. The monoisotopic (exact) mass is 1560 g/mol. The molecule has 0 spiro atoms. The van der Waals surface area contributed by atoms with E-state index in [0.717, 1.165) is 110 Å². The van der Waals surface area contributed by atoms with Crippen LogP contribution < -0.4 is 0 Å². The Kier molecular flexibility index (Phi) is 131. The summed E-state index contributed by atoms with van der Waals surface area (Å²) in [5, 5.41) is 41.9. The van der Waals surface area contributed by atoms with Crippen molar-refractivity contribution in [3.05, 3.63) is 0 Å². The van der Waals surface area contributed by atoms with Crippen LogP contribution in [0.3, 0.4) is 0 Å². The lowest BCUT2D eigenvalue weighted by atomic mass is 10.2. The molecule has 2 aliphatic rings. The summed E-state index contributed by atoms with van der Waals surface area (Å²) >= 11 is 3.12. The zero-order valence-electron chi connectivity index (χ0n) is 62.3. The molecule has 0 aromatic rings. The van der Waals surface area contributed by atoms with Crippen molar-refractivity contribution in [3.63, 3.8) is 0 Å². The number of hydrogen-bond donors (Lipinski definition) is 5. The van der Waals surface area contributed by atoms with Crippen LogP contribution in [0.15, 0.2) is 0 Å². The first-order valence-corrected chi connectivity index (χ1v) is 35.5. The zero-order valence-corrected chi connectivity index (χ0v) is 63.8. The van der Waals surface area contributed by atoms with Gasteiger partial charge in [-0.3, -0.25) is 4.79 Å². The second kappa shape index (κ2) is 115. The van der Waals surface area contributed by atoms with Crippen molar-refractivity contribution >= 4 is 58.4 Å². The lowest BCUT2D eigenvalue weighted by molar-refractivity contribution is -0.193. The Morgan fingerprint density at radius 1 is 0.392 bits per heavy atom. The smallest absolute Gasteiger partial charge is 0.373 e. The fraction of sp³-hybridized carbons (Fsp3) is 0.896. The highest BCUT2D eigenvalue weighted by atomic mass is 79.9. The number of ether oxygens (including phenoxy) is 18. The summed E-state index contributed by atoms with van der Waals surface area (Å²) in [5.74, 6) is -1.45. The summed E-state index contributed by atoms with van der Waals surface area (Å²) in [4.78, 5) is 96.7. The zero-order chi connectivity index (χ0) is 78.6. The van der Waals surface area contributed by atoms with Crippen LogP contribution in [0.25, 0.3) is 0 Å². The SMILES string of the molecule is CCCCOCCOCCO.CCCCOCCOCCOC1CCCCO1.CCCCOCCOCCOCC(=O)O.CCCCOCCOCCOCC(=O)OC(C)(C)C.CCOC(=O)CCBr.O=C=O.O=C=O.O=C=O.O=C=O.OCCOCCO.OCCOCCOC1CCCCO1. The van der Waals surface area contributed by atoms with Crippen molar-refractivity contribution in [2.75, 3.05) is 223 Å². The molecule has 0 aromatic heterocycles. The highest BCUT2D eigenvalue weighted by Gasteiger charge is 2.17. The van der Waals surface area contributed by atoms with Crippen LogP contribution in [0, 0.1) is 0 Å². The Labute approximate surface area is 613 Å². The van der Waals surface area contributed by atoms with E-state index >= 15 is 0 Å². The topological polar surface area (TPSA) is 455 Å². The summed E-state index contributed by atoms with van der Waals surface area (Å²) < 4.78 is 93.1. The maximum Gasteiger partial charge on any atom is 0.373 e. The van der Waals surface area contributed by atoms with Gasteiger partial charge >= 0.3 is 42.5 Å². The molecule has 2 atom stereocenters. The lowest BCUT2D eigenvalue weighted by Crippen LogP contribution is -2.27. The minimum Gasteiger partial charge on any atom is -0.480 e. The standard InChI is InChI=1S/C14H28O5.C13H26O4.C10H20O5.C9H18O4.C8H18O3.C5H9BrO2.C4H10O3.4CO2/c1-5-6-7-16-8-9-17-10-11-18-12-13(15)19-14(2,3)4;1-2-3-7-14-9-10-15-11-12-17-13-6-4-5-8-16-13;1-2-3-4-13-5-6-14-7-8-15-9-10(11)12;10-4-6-11-7-8-13-9-3-1-2-5-12-9;1-2-3-5-10-7-8-11-6-4-9;1-2-8-5(7)3-4-6;5-1-3-7-4-2-6;4*2-1-3/h5-12H2,1-4H3;13H,2-12H2,1H3;2-9H2,1H3,(H,11,12);9-10H,1-8H2;9H,2-8H2,1H3;2-4H2,1H3;5-6H,1-4H2;;;;. The van der Waals surface area contributed by atoms with Gasteiger partial charge in [0.1, 0.15) is 18.8 Å². The highest BCUT2D eigenvalue weighted by molar-refractivity contribution is 9.09. The van der Waals surface area contributed by atoms with Crippen molar-refractivity contribution in [2.45, 2.75) is 170 Å². The van der Waals surface area contributed by atoms with Gasteiger partial charge < -0.3 is 111 Å². The molecular formula is C67H129BrO34. The van der Waals surface area contributed by atoms with Gasteiger partial charge in [0.05, 0.1) is 172 Å². The molecule has 2 saturated heterocycles. The van der Waals surface area contributed by atoms with E-state index in [4.69, 9.17) is 140 Å². The van der Waals surface area contributed by atoms with Gasteiger partial charge in [-0.25, -0.2) is 9.59 Å². The average molecular weight is 1560 g/mol. The number of carboxylic acid groups (broad SMARTS) is 1. The van der Waals surface area contributed by atoms with E-state index in [1.54, 1.807) is 6.92 Å². The third-order valence-electron chi connectivity index (χ3n) is 10.6. The van der Waals surface area contributed by atoms with Gasteiger partial charge in [0.25, 0.3) is 0 Å². The lowest BCUT2D eigenvalue weighted by Gasteiger charge is -2.22. The van der Waals surface area contributed by atoms with E-state index in [2.05, 4.69) is 53.1 Å². The van der Waals surface area contributed by atoms with Crippen LogP contribution in [0.4, 0.5) is 0 Å². The molecule has 2 unspecified atom stereocenters. The molecule has 102 heavy (non-hydrogen) atoms. The van der Waals surface area contributed by atoms with Gasteiger partial charge in [-0.15, -0.1) is 0 Å². The number of unbranched alkanes of at least 4 members (excludes halogenated alkanes) is 4. The number of carboxylic acids is 1. The number of esters is 2. The fourth-order valence-electron chi connectivity index (χ4n) is 6.13. The van der Waals surface area contributed by atoms with Crippen molar-refractivity contribution in [3.8, 4) is 0 Å². The largest absolute Gasteiger partial charge is 0.480 e. The minimum atomic E-state index is -0.960. The predicted molar refractivity (Wildman–Crippen MR) is 365 cm³/mol. The number of halogens is 1. The summed E-state index contributed by atoms with van der Waals surface area (Å²) in [6, 6.07) is 0. The molecule has 34 nitrogen and oxygen atoms in total. The molecule has 5 N–H and O–H groups in total. The molecule has 0 amide bonds. The third-order valence-corrected chi connectivity index (χ3v) is 10.9. The summed E-state index contributed by atoms with van der Waals surface area (Å²) in [5.41, 5.74) is -0.466. The number of alkyl halides is 1. The van der Waals surface area contributed by atoms with Gasteiger partial charge in [0.15, 0.2) is 12.6 Å². The predicted octanol–water partition coefficient (Wildman–Crippen LogP) is 4.80. The number of carbonyl (C=O) groups is 3. The Hall–Kier alpha value is -4.39. The van der Waals surface area contributed by atoms with Crippen LogP contribution in [-0.4, -0.2) is 310 Å². The van der Waals surface area contributed by atoms with Gasteiger partial charge in [0, 0.05) is 45.0 Å². The number of carbonyl (C=O) groups excluding carboxylic acids is 10. The first kappa shape index (κ1) is 116. The normalized spacial score (nSPS) is 12.9. The van der Waals surface area contributed by atoms with Crippen LogP contribution in [0.1, 0.15) is 152 Å². The van der Waals surface area contributed by atoms with E-state index < -0.39 is 11.6 Å². The van der Waals surface area contributed by atoms with E-state index in [1.165, 1.54) is 19.3 Å². The van der Waals surface area contributed by atoms with E-state index in [0.29, 0.717) is 150 Å². The number of hydrogen-bond acceptors (Lipinski definition) is 33. The summed E-state index contributed by atoms with van der Waals surface area (Å²) in [6.07, 6.45) is 17.1. The van der Waals surface area contributed by atoms with Crippen molar-refractivity contribution < 1.29 is 164 Å². The summed E-state index contributed by atoms with van der Waals surface area (Å²) in [7, 11) is 0. The second-order valence-corrected chi connectivity index (χ2v) is 21.2. The molecule has 2 aliphatic heterocycles. The number of aliphatic hydroxyl groups excluding tert-OH is 4. The van der Waals surface area contributed by atoms with Crippen molar-refractivity contribution in [1.29, 1.82) is 0 Å². The van der Waals surface area contributed by atoms with E-state index in [9.17, 15) is 14.4 Å². The summed E-state index contributed by atoms with van der Waals surface area (Å²) in [6.45, 7) is 31.2. The Bertz CT molecular complexity index is 1630. The third kappa shape index (κ3) is 146. The molecule has 608 valence electrons. The molecule has 2 heterocycles. The van der Waals surface area contributed by atoms with Gasteiger partial charge in [-0.2, -0.15) is 38.4 Å². The number of aliphatic carboxylic acids is 1. The van der Waals surface area contributed by atoms with Crippen molar-refractivity contribution in [1.82, 2.24) is 0 Å². The molecular weight excluding hydrogens is 1430 g/mol. The molecule has 0 bridgehead atoms. The van der Waals surface area contributed by atoms with Gasteiger partial charge in [0.2, 0.25) is 0 Å². The van der Waals surface area contributed by atoms with Crippen molar-refractivity contribution in [2.24, 2.45) is 0 Å². The van der Waals surface area contributed by atoms with Gasteiger partial charge in [-0.1, -0.05) is 69.3 Å². The van der Waals surface area contributed by atoms with Crippen LogP contribution in [0.2, 0.25) is 0 Å². The Morgan fingerprint density at radius 2 is 0.657 bits per heavy atom. The first-order valence-electron chi connectivity index (χ1n) is 34.3. The molecule has 2 rings (SSSR count). The highest BCUT2D eigenvalue weighted by Crippen LogP contribution is 2.14. The molecule has 35 heteroatoms. The number of aliphatic hydroxyl groups is 4. The molecule has 0 saturated carbocycles. The maximum atomic E-state index is 11.3. The Morgan fingerprint density at radius 3 is 0.902 bits per heavy atom. The van der Waals surface area contributed by atoms with Crippen LogP contribution in [-0.2, 0) is 138 Å². The second-order valence-electron chi connectivity index (χ2n) is 20.4. The quantitative estimate of drug-likeness (QED) is 0.0310.